The van der Waals surface area contributed by atoms with E-state index in [1.165, 1.54) is 24.7 Å². The van der Waals surface area contributed by atoms with E-state index in [0.29, 0.717) is 55.3 Å². The minimum atomic E-state index is -0.277. The third kappa shape index (κ3) is 5.85. The Morgan fingerprint density at radius 3 is 2.47 bits per heavy atom. The summed E-state index contributed by atoms with van der Waals surface area (Å²) < 4.78 is 19.4. The van der Waals surface area contributed by atoms with E-state index < -0.39 is 0 Å². The zero-order valence-electron chi connectivity index (χ0n) is 18.4. The van der Waals surface area contributed by atoms with Crippen molar-refractivity contribution >= 4 is 23.4 Å². The quantitative estimate of drug-likeness (QED) is 0.513. The molecule has 3 heterocycles. The van der Waals surface area contributed by atoms with Crippen LogP contribution in [0.15, 0.2) is 55.0 Å². The first-order chi connectivity index (χ1) is 16.5. The van der Waals surface area contributed by atoms with Gasteiger partial charge in [0.05, 0.1) is 18.7 Å². The van der Waals surface area contributed by atoms with E-state index in [4.69, 9.17) is 16.3 Å². The molecular weight excluding hydrogens is 461 g/mol. The van der Waals surface area contributed by atoms with Crippen molar-refractivity contribution in [1.82, 2.24) is 24.8 Å². The molecule has 2 aromatic heterocycles. The molecule has 176 valence electrons. The third-order valence-corrected chi connectivity index (χ3v) is 5.84. The normalized spacial score (nSPS) is 13.6. The van der Waals surface area contributed by atoms with Gasteiger partial charge in [0.1, 0.15) is 5.82 Å². The Bertz CT molecular complexity index is 1170. The SMILES string of the molecule is O=C(Cc1nccnc1Cl)N1CCN(C(=O)c2ccnc(OCCc3ccccc3F)c2)CC1. The number of nitrogens with zero attached hydrogens (tertiary/aromatic N) is 5. The molecule has 0 saturated carbocycles. The monoisotopic (exact) mass is 483 g/mol. The lowest BCUT2D eigenvalue weighted by molar-refractivity contribution is -0.132. The van der Waals surface area contributed by atoms with E-state index in [1.807, 2.05) is 0 Å². The van der Waals surface area contributed by atoms with Crippen molar-refractivity contribution in [3.8, 4) is 5.88 Å². The van der Waals surface area contributed by atoms with Gasteiger partial charge in [-0.25, -0.2) is 14.4 Å². The Kier molecular flexibility index (Phi) is 7.64. The lowest BCUT2D eigenvalue weighted by Gasteiger charge is -2.34. The highest BCUT2D eigenvalue weighted by molar-refractivity contribution is 6.30. The van der Waals surface area contributed by atoms with Crippen molar-refractivity contribution in [2.24, 2.45) is 0 Å². The van der Waals surface area contributed by atoms with Crippen molar-refractivity contribution < 1.29 is 18.7 Å². The van der Waals surface area contributed by atoms with Gasteiger partial charge < -0.3 is 14.5 Å². The molecule has 1 saturated heterocycles. The average Bonchev–Trinajstić information content (AvgIpc) is 2.86. The van der Waals surface area contributed by atoms with Crippen LogP contribution in [0.2, 0.25) is 5.15 Å². The van der Waals surface area contributed by atoms with Crippen LogP contribution >= 0.6 is 11.6 Å². The topological polar surface area (TPSA) is 88.5 Å². The van der Waals surface area contributed by atoms with Crippen LogP contribution < -0.4 is 4.74 Å². The number of ether oxygens (including phenoxy) is 1. The van der Waals surface area contributed by atoms with Crippen LogP contribution in [-0.2, 0) is 17.6 Å². The van der Waals surface area contributed by atoms with Crippen molar-refractivity contribution in [1.29, 1.82) is 0 Å². The van der Waals surface area contributed by atoms with Crippen molar-refractivity contribution in [3.63, 3.8) is 0 Å². The number of aromatic nitrogens is 3. The number of halogens is 2. The summed E-state index contributed by atoms with van der Waals surface area (Å²) in [6.45, 7) is 1.89. The molecule has 1 aliphatic heterocycles. The third-order valence-electron chi connectivity index (χ3n) is 5.52. The molecular formula is C24H23ClFN5O3. The van der Waals surface area contributed by atoms with E-state index in [-0.39, 0.29) is 35.8 Å². The minimum Gasteiger partial charge on any atom is -0.477 e. The van der Waals surface area contributed by atoms with Crippen LogP contribution in [0.4, 0.5) is 4.39 Å². The maximum atomic E-state index is 13.7. The number of piperazine rings is 1. The first-order valence-corrected chi connectivity index (χ1v) is 11.2. The molecule has 3 aromatic rings. The second kappa shape index (κ2) is 11.0. The Morgan fingerprint density at radius 1 is 0.971 bits per heavy atom. The number of hydrogen-bond donors (Lipinski definition) is 0. The highest BCUT2D eigenvalue weighted by Crippen LogP contribution is 2.16. The molecule has 0 unspecified atom stereocenters. The Hall–Kier alpha value is -3.59. The molecule has 0 spiro atoms. The summed E-state index contributed by atoms with van der Waals surface area (Å²) in [5.74, 6) is -0.244. The molecule has 4 rings (SSSR count). The lowest BCUT2D eigenvalue weighted by Crippen LogP contribution is -2.51. The Labute approximate surface area is 201 Å². The molecule has 1 aromatic carbocycles. The molecule has 2 amide bonds. The fourth-order valence-electron chi connectivity index (χ4n) is 3.65. The lowest BCUT2D eigenvalue weighted by atomic mass is 10.1. The fourth-order valence-corrected chi connectivity index (χ4v) is 3.83. The van der Waals surface area contributed by atoms with Crippen LogP contribution in [0.1, 0.15) is 21.6 Å². The highest BCUT2D eigenvalue weighted by Gasteiger charge is 2.26. The van der Waals surface area contributed by atoms with Crippen LogP contribution in [0.3, 0.4) is 0 Å². The van der Waals surface area contributed by atoms with Gasteiger partial charge in [0.25, 0.3) is 5.91 Å². The summed E-state index contributed by atoms with van der Waals surface area (Å²) in [7, 11) is 0. The second-order valence-corrected chi connectivity index (χ2v) is 8.07. The summed E-state index contributed by atoms with van der Waals surface area (Å²) >= 11 is 5.99. The summed E-state index contributed by atoms with van der Waals surface area (Å²) in [6, 6.07) is 9.73. The van der Waals surface area contributed by atoms with E-state index >= 15 is 0 Å². The van der Waals surface area contributed by atoms with Crippen molar-refractivity contribution in [2.75, 3.05) is 32.8 Å². The molecule has 0 atom stereocenters. The molecule has 1 fully saturated rings. The average molecular weight is 484 g/mol. The fraction of sp³-hybridized carbons (Fsp3) is 0.292. The summed E-state index contributed by atoms with van der Waals surface area (Å²) in [6.07, 6.45) is 4.94. The van der Waals surface area contributed by atoms with Gasteiger partial charge in [0.15, 0.2) is 5.15 Å². The van der Waals surface area contributed by atoms with Crippen molar-refractivity contribution in [3.05, 3.63) is 82.8 Å². The van der Waals surface area contributed by atoms with Gasteiger partial charge in [0, 0.05) is 62.8 Å². The van der Waals surface area contributed by atoms with Gasteiger partial charge in [0.2, 0.25) is 11.8 Å². The standard InChI is InChI=1S/C24H23ClFN5O3/c25-23-20(27-8-9-29-23)16-22(32)30-10-12-31(13-11-30)24(33)18-5-7-28-21(15-18)34-14-6-17-3-1-2-4-19(17)26/h1-5,7-9,15H,6,10-14,16H2. The van der Waals surface area contributed by atoms with Gasteiger partial charge in [-0.05, 0) is 17.7 Å². The maximum Gasteiger partial charge on any atom is 0.254 e. The van der Waals surface area contributed by atoms with Crippen LogP contribution in [0.5, 0.6) is 5.88 Å². The van der Waals surface area contributed by atoms with E-state index in [0.717, 1.165) is 0 Å². The zero-order valence-corrected chi connectivity index (χ0v) is 19.1. The molecule has 8 nitrogen and oxygen atoms in total. The largest absolute Gasteiger partial charge is 0.477 e. The van der Waals surface area contributed by atoms with Crippen molar-refractivity contribution in [2.45, 2.75) is 12.8 Å². The van der Waals surface area contributed by atoms with E-state index in [2.05, 4.69) is 15.0 Å². The van der Waals surface area contributed by atoms with E-state index in [9.17, 15) is 14.0 Å². The first kappa shape index (κ1) is 23.6. The molecule has 0 bridgehead atoms. The number of carbonyl (C=O) groups is 2. The van der Waals surface area contributed by atoms with Gasteiger partial charge >= 0.3 is 0 Å². The van der Waals surface area contributed by atoms with Gasteiger partial charge in [-0.3, -0.25) is 14.6 Å². The molecule has 1 aliphatic rings. The Morgan fingerprint density at radius 2 is 1.71 bits per heavy atom. The number of hydrogen-bond acceptors (Lipinski definition) is 6. The van der Waals surface area contributed by atoms with Crippen LogP contribution in [0.25, 0.3) is 0 Å². The summed E-state index contributed by atoms with van der Waals surface area (Å²) in [5.41, 5.74) is 1.44. The first-order valence-electron chi connectivity index (χ1n) is 10.9. The molecule has 0 aliphatic carbocycles. The van der Waals surface area contributed by atoms with Crippen LogP contribution in [-0.4, -0.2) is 69.4 Å². The number of carbonyl (C=O) groups excluding carboxylic acids is 2. The summed E-state index contributed by atoms with van der Waals surface area (Å²) in [5, 5.41) is 0.217. The summed E-state index contributed by atoms with van der Waals surface area (Å²) in [4.78, 5) is 41.1. The minimum absolute atomic E-state index is 0.0680. The number of pyridine rings is 1. The second-order valence-electron chi connectivity index (χ2n) is 7.72. The molecule has 0 radical (unpaired) electrons. The molecule has 10 heteroatoms. The predicted octanol–water partition coefficient (Wildman–Crippen LogP) is 2.81. The highest BCUT2D eigenvalue weighted by atomic mass is 35.5. The van der Waals surface area contributed by atoms with Gasteiger partial charge in [-0.15, -0.1) is 0 Å². The van der Waals surface area contributed by atoms with Gasteiger partial charge in [-0.1, -0.05) is 29.8 Å². The number of rotatable bonds is 7. The predicted molar refractivity (Wildman–Crippen MR) is 123 cm³/mol. The van der Waals surface area contributed by atoms with E-state index in [1.54, 1.807) is 40.1 Å². The Balaban J connectivity index is 1.28. The van der Waals surface area contributed by atoms with Crippen LogP contribution in [0, 0.1) is 5.82 Å². The zero-order chi connectivity index (χ0) is 23.9. The smallest absolute Gasteiger partial charge is 0.254 e. The molecule has 0 N–H and O–H groups in total. The number of amides is 2. The molecule has 34 heavy (non-hydrogen) atoms. The maximum absolute atomic E-state index is 13.7. The number of benzene rings is 1. The van der Waals surface area contributed by atoms with Gasteiger partial charge in [-0.2, -0.15) is 0 Å².